The Labute approximate surface area is 125 Å². The Balaban J connectivity index is 2.56. The molecule has 116 valence electrons. The lowest BCUT2D eigenvalue weighted by molar-refractivity contribution is -0.149. The number of esters is 1. The van der Waals surface area contributed by atoms with E-state index in [2.05, 4.69) is 0 Å². The lowest BCUT2D eigenvalue weighted by atomic mass is 10.1. The van der Waals surface area contributed by atoms with Crippen LogP contribution in [0, 0.1) is 13.8 Å². The molecule has 0 N–H and O–H groups in total. The van der Waals surface area contributed by atoms with Crippen LogP contribution in [0.4, 0.5) is 0 Å². The molecule has 0 heterocycles. The Morgan fingerprint density at radius 2 is 1.90 bits per heavy atom. The molecule has 1 amide bonds. The van der Waals surface area contributed by atoms with Crippen LogP contribution < -0.4 is 4.74 Å². The Morgan fingerprint density at radius 1 is 1.19 bits per heavy atom. The molecule has 1 rings (SSSR count). The van der Waals surface area contributed by atoms with Gasteiger partial charge in [0.05, 0.1) is 6.61 Å². The summed E-state index contributed by atoms with van der Waals surface area (Å²) in [5, 5.41) is 0. The maximum absolute atomic E-state index is 12.1. The summed E-state index contributed by atoms with van der Waals surface area (Å²) >= 11 is 0. The lowest BCUT2D eigenvalue weighted by Crippen LogP contribution is -2.39. The van der Waals surface area contributed by atoms with Gasteiger partial charge in [-0.3, -0.25) is 9.59 Å². The highest BCUT2D eigenvalue weighted by Gasteiger charge is 2.17. The van der Waals surface area contributed by atoms with E-state index >= 15 is 0 Å². The number of amides is 1. The van der Waals surface area contributed by atoms with Crippen LogP contribution in [-0.2, 0) is 14.3 Å². The first kappa shape index (κ1) is 17.0. The molecule has 0 aliphatic rings. The predicted octanol–water partition coefficient (Wildman–Crippen LogP) is 2.09. The Morgan fingerprint density at radius 3 is 2.48 bits per heavy atom. The number of carbonyl (C=O) groups excluding carboxylic acids is 2. The number of hydrogen-bond donors (Lipinski definition) is 0. The van der Waals surface area contributed by atoms with Crippen LogP contribution in [0.2, 0.25) is 0 Å². The summed E-state index contributed by atoms with van der Waals surface area (Å²) in [6.45, 7) is 8.10. The summed E-state index contributed by atoms with van der Waals surface area (Å²) in [5.41, 5.74) is 2.12. The quantitative estimate of drug-likeness (QED) is 0.722. The van der Waals surface area contributed by atoms with Crippen LogP contribution in [0.25, 0.3) is 0 Å². The summed E-state index contributed by atoms with van der Waals surface area (Å²) in [4.78, 5) is 24.9. The van der Waals surface area contributed by atoms with E-state index in [0.717, 1.165) is 11.1 Å². The number of nitrogens with zero attached hydrogens (tertiary/aromatic N) is 1. The molecule has 1 aromatic carbocycles. The van der Waals surface area contributed by atoms with Gasteiger partial charge in [0.15, 0.2) is 6.61 Å². The number of hydrogen-bond acceptors (Lipinski definition) is 4. The summed E-state index contributed by atoms with van der Waals surface area (Å²) < 4.78 is 10.4. The van der Waals surface area contributed by atoms with Gasteiger partial charge in [-0.25, -0.2) is 0 Å². The van der Waals surface area contributed by atoms with Crippen molar-refractivity contribution >= 4 is 11.9 Å². The fraction of sp³-hybridized carbons (Fsp3) is 0.500. The third-order valence-corrected chi connectivity index (χ3v) is 3.04. The number of carbonyl (C=O) groups is 2. The van der Waals surface area contributed by atoms with E-state index < -0.39 is 5.97 Å². The van der Waals surface area contributed by atoms with Crippen molar-refractivity contribution in [1.29, 1.82) is 0 Å². The first-order valence-corrected chi connectivity index (χ1v) is 7.11. The van der Waals surface area contributed by atoms with Gasteiger partial charge < -0.3 is 14.4 Å². The number of aryl methyl sites for hydroxylation is 2. The fourth-order valence-electron chi connectivity index (χ4n) is 1.93. The fourth-order valence-corrected chi connectivity index (χ4v) is 1.93. The average Bonchev–Trinajstić information content (AvgIpc) is 2.43. The number of rotatable bonds is 7. The van der Waals surface area contributed by atoms with E-state index in [-0.39, 0.29) is 19.1 Å². The molecule has 0 aliphatic carbocycles. The predicted molar refractivity (Wildman–Crippen MR) is 80.3 cm³/mol. The normalized spacial score (nSPS) is 10.1. The minimum absolute atomic E-state index is 0.0422. The van der Waals surface area contributed by atoms with Gasteiger partial charge in [-0.2, -0.15) is 0 Å². The van der Waals surface area contributed by atoms with Crippen molar-refractivity contribution in [2.24, 2.45) is 0 Å². The highest BCUT2D eigenvalue weighted by molar-refractivity contribution is 5.83. The molecular weight excluding hydrogens is 270 g/mol. The maximum Gasteiger partial charge on any atom is 0.325 e. The van der Waals surface area contributed by atoms with Crippen molar-refractivity contribution in [3.63, 3.8) is 0 Å². The van der Waals surface area contributed by atoms with Crippen LogP contribution in [0.15, 0.2) is 18.2 Å². The van der Waals surface area contributed by atoms with Gasteiger partial charge in [-0.15, -0.1) is 0 Å². The molecule has 0 unspecified atom stereocenters. The number of likely N-dealkylation sites (N-methyl/N-ethyl adjacent to an activating group) is 1. The zero-order valence-electron chi connectivity index (χ0n) is 13.1. The van der Waals surface area contributed by atoms with Crippen LogP contribution >= 0.6 is 0 Å². The van der Waals surface area contributed by atoms with E-state index in [0.29, 0.717) is 18.9 Å². The molecule has 0 aromatic heterocycles. The smallest absolute Gasteiger partial charge is 0.325 e. The molecule has 21 heavy (non-hydrogen) atoms. The molecule has 0 spiro atoms. The standard InChI is InChI=1S/C16H23NO4/c1-5-17(10-16(19)20-6-2)15(18)11-21-14-8-7-12(3)9-13(14)4/h7-9H,5-6,10-11H2,1-4H3. The van der Waals surface area contributed by atoms with Crippen LogP contribution in [0.1, 0.15) is 25.0 Å². The van der Waals surface area contributed by atoms with Crippen molar-refractivity contribution < 1.29 is 19.1 Å². The van der Waals surface area contributed by atoms with Gasteiger partial charge in [0.2, 0.25) is 0 Å². The monoisotopic (exact) mass is 293 g/mol. The van der Waals surface area contributed by atoms with Crippen molar-refractivity contribution in [3.05, 3.63) is 29.3 Å². The van der Waals surface area contributed by atoms with Gasteiger partial charge in [0.25, 0.3) is 5.91 Å². The summed E-state index contributed by atoms with van der Waals surface area (Å²) in [7, 11) is 0. The SMILES string of the molecule is CCOC(=O)CN(CC)C(=O)COc1ccc(C)cc1C. The third-order valence-electron chi connectivity index (χ3n) is 3.04. The Hall–Kier alpha value is -2.04. The summed E-state index contributed by atoms with van der Waals surface area (Å²) in [5.74, 6) is 0.0471. The molecule has 0 fully saturated rings. The van der Waals surface area contributed by atoms with Crippen molar-refractivity contribution in [3.8, 4) is 5.75 Å². The second-order valence-corrected chi connectivity index (χ2v) is 4.77. The zero-order chi connectivity index (χ0) is 15.8. The topological polar surface area (TPSA) is 55.8 Å². The van der Waals surface area contributed by atoms with Crippen LogP contribution in [0.3, 0.4) is 0 Å². The number of ether oxygens (including phenoxy) is 2. The molecule has 1 aromatic rings. The molecule has 5 heteroatoms. The first-order chi connectivity index (χ1) is 9.97. The second-order valence-electron chi connectivity index (χ2n) is 4.77. The minimum atomic E-state index is -0.404. The number of benzene rings is 1. The molecule has 0 radical (unpaired) electrons. The molecule has 0 bridgehead atoms. The van der Waals surface area contributed by atoms with Gasteiger partial charge in [0, 0.05) is 6.54 Å². The molecule has 0 saturated carbocycles. The molecule has 0 atom stereocenters. The van der Waals surface area contributed by atoms with Gasteiger partial charge in [-0.05, 0) is 39.3 Å². The second kappa shape index (κ2) is 8.29. The first-order valence-electron chi connectivity index (χ1n) is 7.11. The van der Waals surface area contributed by atoms with Crippen LogP contribution in [-0.4, -0.2) is 43.1 Å². The molecule has 0 saturated heterocycles. The third kappa shape index (κ3) is 5.45. The van der Waals surface area contributed by atoms with E-state index in [1.807, 2.05) is 39.0 Å². The van der Waals surface area contributed by atoms with Crippen LogP contribution in [0.5, 0.6) is 5.75 Å². The zero-order valence-corrected chi connectivity index (χ0v) is 13.1. The minimum Gasteiger partial charge on any atom is -0.484 e. The van der Waals surface area contributed by atoms with Crippen molar-refractivity contribution in [2.45, 2.75) is 27.7 Å². The van der Waals surface area contributed by atoms with E-state index in [4.69, 9.17) is 9.47 Å². The van der Waals surface area contributed by atoms with Gasteiger partial charge in [-0.1, -0.05) is 17.7 Å². The average molecular weight is 293 g/mol. The Kier molecular flexibility index (Phi) is 6.72. The summed E-state index contributed by atoms with van der Waals surface area (Å²) in [6, 6.07) is 5.78. The Bertz CT molecular complexity index is 499. The van der Waals surface area contributed by atoms with Gasteiger partial charge >= 0.3 is 5.97 Å². The molecular formula is C16H23NO4. The van der Waals surface area contributed by atoms with E-state index in [9.17, 15) is 9.59 Å². The van der Waals surface area contributed by atoms with E-state index in [1.165, 1.54) is 4.90 Å². The van der Waals surface area contributed by atoms with Gasteiger partial charge in [0.1, 0.15) is 12.3 Å². The highest BCUT2D eigenvalue weighted by Crippen LogP contribution is 2.18. The van der Waals surface area contributed by atoms with Crippen molar-refractivity contribution in [2.75, 3.05) is 26.3 Å². The highest BCUT2D eigenvalue weighted by atomic mass is 16.5. The van der Waals surface area contributed by atoms with E-state index in [1.54, 1.807) is 6.92 Å². The lowest BCUT2D eigenvalue weighted by Gasteiger charge is -2.20. The summed E-state index contributed by atoms with van der Waals surface area (Å²) in [6.07, 6.45) is 0. The largest absolute Gasteiger partial charge is 0.484 e. The van der Waals surface area contributed by atoms with Crippen molar-refractivity contribution in [1.82, 2.24) is 4.90 Å². The molecule has 5 nitrogen and oxygen atoms in total. The maximum atomic E-state index is 12.1. The molecule has 0 aliphatic heterocycles.